The van der Waals surface area contributed by atoms with Gasteiger partial charge in [-0.2, -0.15) is 13.2 Å². The number of morpholine rings is 1. The molecule has 1 aliphatic heterocycles. The number of carbonyl (C=O) groups excluding carboxylic acids is 1. The molecule has 0 unspecified atom stereocenters. The Balaban J connectivity index is 1.79. The van der Waals surface area contributed by atoms with Crippen LogP contribution >= 0.6 is 0 Å². The second-order valence-electron chi connectivity index (χ2n) is 6.54. The first-order valence-electron chi connectivity index (χ1n) is 9.05. The summed E-state index contributed by atoms with van der Waals surface area (Å²) in [5.41, 5.74) is -1.25. The van der Waals surface area contributed by atoms with Crippen molar-refractivity contribution in [3.05, 3.63) is 57.9 Å². The van der Waals surface area contributed by atoms with Crippen LogP contribution in [0, 0.1) is 15.9 Å². The smallest absolute Gasteiger partial charge is 0.416 e. The molecular formula is C19H17F4N3O5. The van der Waals surface area contributed by atoms with Gasteiger partial charge in [0.2, 0.25) is 5.75 Å². The largest absolute Gasteiger partial charge is 0.477 e. The Labute approximate surface area is 173 Å². The molecule has 1 amide bonds. The van der Waals surface area contributed by atoms with Crippen LogP contribution < -0.4 is 15.0 Å². The third-order valence-electron chi connectivity index (χ3n) is 4.43. The molecule has 0 saturated carbocycles. The predicted octanol–water partition coefficient (Wildman–Crippen LogP) is 3.61. The minimum atomic E-state index is -4.62. The number of nitrogens with one attached hydrogen (secondary N) is 1. The number of halogens is 4. The molecule has 1 heterocycles. The summed E-state index contributed by atoms with van der Waals surface area (Å²) in [5, 5.41) is 13.3. The third-order valence-corrected chi connectivity index (χ3v) is 4.43. The molecule has 0 radical (unpaired) electrons. The van der Waals surface area contributed by atoms with Gasteiger partial charge in [0.15, 0.2) is 6.61 Å². The van der Waals surface area contributed by atoms with Gasteiger partial charge in [0, 0.05) is 25.2 Å². The number of alkyl halides is 3. The normalized spacial score (nSPS) is 14.3. The second kappa shape index (κ2) is 9.16. The van der Waals surface area contributed by atoms with E-state index >= 15 is 0 Å². The lowest BCUT2D eigenvalue weighted by Crippen LogP contribution is -2.37. The van der Waals surface area contributed by atoms with E-state index in [2.05, 4.69) is 5.32 Å². The van der Waals surface area contributed by atoms with E-state index in [0.717, 1.165) is 30.3 Å². The highest BCUT2D eigenvalue weighted by molar-refractivity contribution is 5.95. The van der Waals surface area contributed by atoms with E-state index in [4.69, 9.17) is 9.47 Å². The molecular weight excluding hydrogens is 426 g/mol. The average Bonchev–Trinajstić information content (AvgIpc) is 2.72. The number of ether oxygens (including phenoxy) is 2. The molecule has 2 aromatic carbocycles. The van der Waals surface area contributed by atoms with Crippen LogP contribution in [-0.2, 0) is 15.7 Å². The molecule has 0 atom stereocenters. The highest BCUT2D eigenvalue weighted by Crippen LogP contribution is 2.36. The first kappa shape index (κ1) is 22.3. The highest BCUT2D eigenvalue weighted by atomic mass is 19.4. The van der Waals surface area contributed by atoms with E-state index < -0.39 is 46.4 Å². The molecule has 1 saturated heterocycles. The Bertz CT molecular complexity index is 978. The van der Waals surface area contributed by atoms with Crippen molar-refractivity contribution in [1.29, 1.82) is 0 Å². The maximum absolute atomic E-state index is 13.4. The zero-order valence-corrected chi connectivity index (χ0v) is 15.9. The van der Waals surface area contributed by atoms with Crippen LogP contribution in [-0.4, -0.2) is 43.7 Å². The maximum atomic E-state index is 13.4. The van der Waals surface area contributed by atoms with Crippen LogP contribution in [0.5, 0.6) is 5.75 Å². The third kappa shape index (κ3) is 5.60. The lowest BCUT2D eigenvalue weighted by atomic mass is 10.1. The first-order chi connectivity index (χ1) is 14.6. The minimum Gasteiger partial charge on any atom is -0.477 e. The van der Waals surface area contributed by atoms with Gasteiger partial charge >= 0.3 is 11.9 Å². The average molecular weight is 443 g/mol. The highest BCUT2D eigenvalue weighted by Gasteiger charge is 2.32. The first-order valence-corrected chi connectivity index (χ1v) is 9.05. The minimum absolute atomic E-state index is 0.0981. The molecule has 1 N–H and O–H groups in total. The molecule has 3 rings (SSSR count). The molecule has 0 aromatic heterocycles. The number of carbonyl (C=O) groups is 1. The van der Waals surface area contributed by atoms with E-state index in [1.54, 1.807) is 4.90 Å². The van der Waals surface area contributed by atoms with E-state index in [0.29, 0.717) is 32.0 Å². The summed E-state index contributed by atoms with van der Waals surface area (Å²) in [6.07, 6.45) is -4.62. The molecule has 0 aliphatic carbocycles. The number of anilines is 2. The van der Waals surface area contributed by atoms with Crippen LogP contribution in [0.1, 0.15) is 5.56 Å². The van der Waals surface area contributed by atoms with E-state index in [-0.39, 0.29) is 5.69 Å². The summed E-state index contributed by atoms with van der Waals surface area (Å²) in [5.74, 6) is -2.15. The van der Waals surface area contributed by atoms with Gasteiger partial charge in [0.1, 0.15) is 5.82 Å². The van der Waals surface area contributed by atoms with Gasteiger partial charge in [-0.15, -0.1) is 0 Å². The van der Waals surface area contributed by atoms with Gasteiger partial charge in [-0.05, 0) is 24.3 Å². The lowest BCUT2D eigenvalue weighted by Gasteiger charge is -2.31. The fourth-order valence-electron chi connectivity index (χ4n) is 2.98. The van der Waals surface area contributed by atoms with Crippen molar-refractivity contribution in [2.24, 2.45) is 0 Å². The molecule has 2 aromatic rings. The van der Waals surface area contributed by atoms with Crippen molar-refractivity contribution in [3.63, 3.8) is 0 Å². The van der Waals surface area contributed by atoms with Crippen LogP contribution in [0.2, 0.25) is 0 Å². The molecule has 31 heavy (non-hydrogen) atoms. The Morgan fingerprint density at radius 1 is 1.19 bits per heavy atom. The molecule has 8 nitrogen and oxygen atoms in total. The van der Waals surface area contributed by atoms with Gasteiger partial charge < -0.3 is 19.7 Å². The quantitative estimate of drug-likeness (QED) is 0.417. The fourth-order valence-corrected chi connectivity index (χ4v) is 2.98. The van der Waals surface area contributed by atoms with Crippen molar-refractivity contribution in [1.82, 2.24) is 0 Å². The van der Waals surface area contributed by atoms with Gasteiger partial charge in [-0.3, -0.25) is 14.9 Å². The number of rotatable bonds is 6. The molecule has 1 aliphatic rings. The van der Waals surface area contributed by atoms with Gasteiger partial charge in [0.05, 0.1) is 35.1 Å². The number of benzene rings is 2. The van der Waals surface area contributed by atoms with Crippen molar-refractivity contribution in [2.45, 2.75) is 6.18 Å². The van der Waals surface area contributed by atoms with Crippen molar-refractivity contribution in [2.75, 3.05) is 43.1 Å². The number of hydrogen-bond donors (Lipinski definition) is 1. The second-order valence-corrected chi connectivity index (χ2v) is 6.54. The lowest BCUT2D eigenvalue weighted by molar-refractivity contribution is -0.385. The summed E-state index contributed by atoms with van der Waals surface area (Å²) < 4.78 is 63.1. The van der Waals surface area contributed by atoms with Gasteiger partial charge in [-0.1, -0.05) is 0 Å². The number of amides is 1. The van der Waals surface area contributed by atoms with E-state index in [9.17, 15) is 32.5 Å². The van der Waals surface area contributed by atoms with Crippen molar-refractivity contribution in [3.8, 4) is 5.75 Å². The number of nitro benzene ring substituents is 1. The summed E-state index contributed by atoms with van der Waals surface area (Å²) in [4.78, 5) is 24.3. The summed E-state index contributed by atoms with van der Waals surface area (Å²) in [6, 6.07) is 5.45. The number of nitro groups is 1. The summed E-state index contributed by atoms with van der Waals surface area (Å²) in [6.45, 7) is 0.811. The van der Waals surface area contributed by atoms with Crippen molar-refractivity contribution < 1.29 is 36.8 Å². The number of nitrogens with zero attached hydrogens (tertiary/aromatic N) is 2. The Morgan fingerprint density at radius 3 is 2.55 bits per heavy atom. The zero-order valence-electron chi connectivity index (χ0n) is 15.9. The standard InChI is InChI=1S/C19H17F4N3O5/c20-13-2-4-16(26(28)29)17(10-13)31-11-18(27)24-14-9-12(19(21,22)23)1-3-15(14)25-5-7-30-8-6-25/h1-4,9-10H,5-8,11H2,(H,24,27). The zero-order chi connectivity index (χ0) is 22.6. The predicted molar refractivity (Wildman–Crippen MR) is 102 cm³/mol. The summed E-state index contributed by atoms with van der Waals surface area (Å²) in [7, 11) is 0. The monoisotopic (exact) mass is 443 g/mol. The molecule has 0 bridgehead atoms. The fraction of sp³-hybridized carbons (Fsp3) is 0.316. The Morgan fingerprint density at radius 2 is 1.90 bits per heavy atom. The molecule has 166 valence electrons. The SMILES string of the molecule is O=C(COc1cc(F)ccc1[N+](=O)[O-])Nc1cc(C(F)(F)F)ccc1N1CCOCC1. The van der Waals surface area contributed by atoms with Crippen LogP contribution in [0.4, 0.5) is 34.6 Å². The molecule has 0 spiro atoms. The molecule has 1 fully saturated rings. The maximum Gasteiger partial charge on any atom is 0.416 e. The summed E-state index contributed by atoms with van der Waals surface area (Å²) >= 11 is 0. The van der Waals surface area contributed by atoms with Crippen LogP contribution in [0.25, 0.3) is 0 Å². The number of hydrogen-bond acceptors (Lipinski definition) is 6. The molecule has 12 heteroatoms. The topological polar surface area (TPSA) is 93.9 Å². The van der Waals surface area contributed by atoms with Crippen molar-refractivity contribution >= 4 is 23.0 Å². The Kier molecular flexibility index (Phi) is 6.59. The van der Waals surface area contributed by atoms with Crippen LogP contribution in [0.15, 0.2) is 36.4 Å². The van der Waals surface area contributed by atoms with Gasteiger partial charge in [-0.25, -0.2) is 4.39 Å². The van der Waals surface area contributed by atoms with E-state index in [1.807, 2.05) is 0 Å². The van der Waals surface area contributed by atoms with Gasteiger partial charge in [0.25, 0.3) is 5.91 Å². The Hall–Kier alpha value is -3.41. The van der Waals surface area contributed by atoms with Crippen LogP contribution in [0.3, 0.4) is 0 Å². The van der Waals surface area contributed by atoms with E-state index in [1.165, 1.54) is 6.07 Å².